The summed E-state index contributed by atoms with van der Waals surface area (Å²) in [4.78, 5) is 27.0. The van der Waals surface area contributed by atoms with E-state index in [4.69, 9.17) is 0 Å². The molecule has 30 heavy (non-hydrogen) atoms. The Hall–Kier alpha value is -2.65. The minimum Gasteiger partial charge on any atom is -0.336 e. The molecule has 3 amide bonds. The lowest BCUT2D eigenvalue weighted by molar-refractivity contribution is -0.126. The molecule has 2 aromatic heterocycles. The normalized spacial score (nSPS) is 14.7. The van der Waals surface area contributed by atoms with E-state index < -0.39 is 5.25 Å². The monoisotopic (exact) mass is 441 g/mol. The average molecular weight is 442 g/mol. The van der Waals surface area contributed by atoms with Crippen molar-refractivity contribution < 1.29 is 9.59 Å². The van der Waals surface area contributed by atoms with Crippen LogP contribution in [0.25, 0.3) is 0 Å². The molecule has 0 bridgehead atoms. The molecule has 7 nitrogen and oxygen atoms in total. The van der Waals surface area contributed by atoms with Gasteiger partial charge in [0.1, 0.15) is 5.82 Å². The molecule has 3 heterocycles. The number of nitrogens with zero attached hydrogens (tertiary/aromatic N) is 4. The van der Waals surface area contributed by atoms with Crippen molar-refractivity contribution in [3.8, 4) is 0 Å². The van der Waals surface area contributed by atoms with Gasteiger partial charge in [0.2, 0.25) is 5.91 Å². The minimum absolute atomic E-state index is 0.201. The maximum atomic E-state index is 12.7. The van der Waals surface area contributed by atoms with E-state index in [2.05, 4.69) is 43.7 Å². The SMILES string of the molecule is C[C@@H](Sc1nnc(Cc2cccs2)n1CCc1ccccc1)C(=O)N1CCNC1=O. The number of hydrogen-bond acceptors (Lipinski definition) is 6. The number of aromatic nitrogens is 3. The van der Waals surface area contributed by atoms with Crippen LogP contribution < -0.4 is 5.32 Å². The number of thiophene rings is 1. The molecule has 1 aliphatic heterocycles. The van der Waals surface area contributed by atoms with Crippen molar-refractivity contribution in [3.05, 3.63) is 64.1 Å². The highest BCUT2D eigenvalue weighted by molar-refractivity contribution is 8.00. The van der Waals surface area contributed by atoms with Gasteiger partial charge in [-0.1, -0.05) is 48.2 Å². The predicted octanol–water partition coefficient (Wildman–Crippen LogP) is 3.21. The van der Waals surface area contributed by atoms with Crippen molar-refractivity contribution >= 4 is 35.0 Å². The van der Waals surface area contributed by atoms with Gasteiger partial charge in [0, 0.05) is 30.9 Å². The van der Waals surface area contributed by atoms with Crippen LogP contribution in [0.1, 0.15) is 23.2 Å². The van der Waals surface area contributed by atoms with Gasteiger partial charge < -0.3 is 9.88 Å². The number of rotatable bonds is 8. The third-order valence-corrected chi connectivity index (χ3v) is 6.87. The first kappa shape index (κ1) is 20.6. The number of carbonyl (C=O) groups excluding carboxylic acids is 2. The highest BCUT2D eigenvalue weighted by atomic mass is 32.2. The zero-order valence-electron chi connectivity index (χ0n) is 16.7. The van der Waals surface area contributed by atoms with Crippen molar-refractivity contribution in [1.29, 1.82) is 0 Å². The van der Waals surface area contributed by atoms with Gasteiger partial charge >= 0.3 is 6.03 Å². The fourth-order valence-electron chi connectivity index (χ4n) is 3.33. The quantitative estimate of drug-likeness (QED) is 0.543. The maximum Gasteiger partial charge on any atom is 0.324 e. The number of nitrogens with one attached hydrogen (secondary N) is 1. The molecular formula is C21H23N5O2S2. The Morgan fingerprint density at radius 2 is 2.07 bits per heavy atom. The Morgan fingerprint density at radius 3 is 2.77 bits per heavy atom. The van der Waals surface area contributed by atoms with Crippen LogP contribution in [0.5, 0.6) is 0 Å². The second-order valence-electron chi connectivity index (χ2n) is 7.02. The number of thioether (sulfide) groups is 1. The third kappa shape index (κ3) is 4.73. The summed E-state index contributed by atoms with van der Waals surface area (Å²) in [6, 6.07) is 14.1. The molecule has 0 aliphatic carbocycles. The summed E-state index contributed by atoms with van der Waals surface area (Å²) >= 11 is 3.05. The Kier molecular flexibility index (Phi) is 6.49. The maximum absolute atomic E-state index is 12.7. The highest BCUT2D eigenvalue weighted by Gasteiger charge is 2.31. The summed E-state index contributed by atoms with van der Waals surface area (Å²) in [5, 5.41) is 13.8. The van der Waals surface area contributed by atoms with Crippen LogP contribution in [-0.4, -0.2) is 49.9 Å². The largest absolute Gasteiger partial charge is 0.336 e. The average Bonchev–Trinajstić information content (AvgIpc) is 3.50. The van der Waals surface area contributed by atoms with E-state index in [1.165, 1.54) is 27.1 Å². The summed E-state index contributed by atoms with van der Waals surface area (Å²) in [7, 11) is 0. The highest BCUT2D eigenvalue weighted by Crippen LogP contribution is 2.26. The van der Waals surface area contributed by atoms with E-state index in [9.17, 15) is 9.59 Å². The second-order valence-corrected chi connectivity index (χ2v) is 9.36. The molecule has 1 aromatic carbocycles. The molecule has 0 radical (unpaired) electrons. The van der Waals surface area contributed by atoms with E-state index in [1.807, 2.05) is 31.2 Å². The predicted molar refractivity (Wildman–Crippen MR) is 118 cm³/mol. The Morgan fingerprint density at radius 1 is 1.23 bits per heavy atom. The second kappa shape index (κ2) is 9.44. The molecule has 156 valence electrons. The lowest BCUT2D eigenvalue weighted by atomic mass is 10.1. The van der Waals surface area contributed by atoms with Gasteiger partial charge in [0.15, 0.2) is 5.16 Å². The van der Waals surface area contributed by atoms with Crippen molar-refractivity contribution in [2.75, 3.05) is 13.1 Å². The van der Waals surface area contributed by atoms with Crippen LogP contribution in [0.2, 0.25) is 0 Å². The number of carbonyl (C=O) groups is 2. The Balaban J connectivity index is 1.52. The van der Waals surface area contributed by atoms with Crippen LogP contribution in [0, 0.1) is 0 Å². The molecule has 4 rings (SSSR count). The van der Waals surface area contributed by atoms with Crippen LogP contribution in [0.4, 0.5) is 4.79 Å². The fourth-order valence-corrected chi connectivity index (χ4v) is 4.98. The third-order valence-electron chi connectivity index (χ3n) is 4.93. The number of imide groups is 1. The molecule has 0 unspecified atom stereocenters. The molecule has 1 N–H and O–H groups in total. The van der Waals surface area contributed by atoms with Gasteiger partial charge in [0.05, 0.1) is 5.25 Å². The standard InChI is InChI=1S/C21H23N5O2S2/c1-15(19(27)26-12-10-22-20(26)28)30-21-24-23-18(14-17-8-5-13-29-17)25(21)11-9-16-6-3-2-4-7-16/h2-8,13,15H,9-12,14H2,1H3,(H,22,28)/t15-/m1/s1. The molecule has 1 aliphatic rings. The summed E-state index contributed by atoms with van der Waals surface area (Å²) in [5.41, 5.74) is 1.24. The number of benzene rings is 1. The lowest BCUT2D eigenvalue weighted by Gasteiger charge is -2.17. The molecule has 1 atom stereocenters. The van der Waals surface area contributed by atoms with Gasteiger partial charge in [-0.3, -0.25) is 9.69 Å². The topological polar surface area (TPSA) is 80.1 Å². The van der Waals surface area contributed by atoms with E-state index in [0.29, 0.717) is 24.7 Å². The summed E-state index contributed by atoms with van der Waals surface area (Å²) in [6.45, 7) is 3.45. The van der Waals surface area contributed by atoms with Crippen LogP contribution in [-0.2, 0) is 24.2 Å². The minimum atomic E-state index is -0.428. The van der Waals surface area contributed by atoms with Gasteiger partial charge in [-0.25, -0.2) is 4.79 Å². The number of urea groups is 1. The van der Waals surface area contributed by atoms with Gasteiger partial charge in [-0.05, 0) is 30.4 Å². The lowest BCUT2D eigenvalue weighted by Crippen LogP contribution is -2.39. The molecule has 0 saturated carbocycles. The van der Waals surface area contributed by atoms with E-state index in [-0.39, 0.29) is 11.9 Å². The molecule has 1 saturated heterocycles. The van der Waals surface area contributed by atoms with Crippen LogP contribution in [0.3, 0.4) is 0 Å². The van der Waals surface area contributed by atoms with Crippen molar-refractivity contribution in [1.82, 2.24) is 25.0 Å². The summed E-state index contributed by atoms with van der Waals surface area (Å²) in [5.74, 6) is 0.682. The van der Waals surface area contributed by atoms with E-state index in [0.717, 1.165) is 18.8 Å². The fraction of sp³-hybridized carbons (Fsp3) is 0.333. The van der Waals surface area contributed by atoms with Gasteiger partial charge in [-0.2, -0.15) is 0 Å². The van der Waals surface area contributed by atoms with Crippen molar-refractivity contribution in [2.24, 2.45) is 0 Å². The first-order valence-corrected chi connectivity index (χ1v) is 11.6. The van der Waals surface area contributed by atoms with Gasteiger partial charge in [0.25, 0.3) is 0 Å². The first-order chi connectivity index (χ1) is 14.6. The van der Waals surface area contributed by atoms with Crippen LogP contribution in [0.15, 0.2) is 53.0 Å². The molecule has 9 heteroatoms. The Labute approximate surface area is 183 Å². The smallest absolute Gasteiger partial charge is 0.324 e. The van der Waals surface area contributed by atoms with Gasteiger partial charge in [-0.15, -0.1) is 21.5 Å². The number of hydrogen-bond donors (Lipinski definition) is 1. The van der Waals surface area contributed by atoms with E-state index >= 15 is 0 Å². The molecule has 1 fully saturated rings. The van der Waals surface area contributed by atoms with Crippen molar-refractivity contribution in [2.45, 2.75) is 36.7 Å². The zero-order chi connectivity index (χ0) is 20.9. The zero-order valence-corrected chi connectivity index (χ0v) is 18.3. The molecule has 0 spiro atoms. The van der Waals surface area contributed by atoms with Crippen LogP contribution >= 0.6 is 23.1 Å². The van der Waals surface area contributed by atoms with E-state index in [1.54, 1.807) is 11.3 Å². The first-order valence-electron chi connectivity index (χ1n) is 9.86. The molecular weight excluding hydrogens is 418 g/mol. The Bertz CT molecular complexity index is 1000. The summed E-state index contributed by atoms with van der Waals surface area (Å²) < 4.78 is 2.10. The number of amides is 3. The summed E-state index contributed by atoms with van der Waals surface area (Å²) in [6.07, 6.45) is 1.55. The van der Waals surface area contributed by atoms with Crippen molar-refractivity contribution in [3.63, 3.8) is 0 Å². The molecule has 3 aromatic rings. The number of aryl methyl sites for hydroxylation is 1.